The Morgan fingerprint density at radius 1 is 1.07 bits per heavy atom. The zero-order chi connectivity index (χ0) is 20.4. The topological polar surface area (TPSA) is 38.7 Å². The molecule has 0 radical (unpaired) electrons. The quantitative estimate of drug-likeness (QED) is 0.511. The number of hydrogen-bond acceptors (Lipinski definition) is 3. The van der Waals surface area contributed by atoms with Gasteiger partial charge in [-0.25, -0.2) is 0 Å². The summed E-state index contributed by atoms with van der Waals surface area (Å²) in [5.41, 5.74) is 3.30. The van der Waals surface area contributed by atoms with Gasteiger partial charge in [0.05, 0.1) is 5.71 Å². The van der Waals surface area contributed by atoms with Gasteiger partial charge in [0.1, 0.15) is 12.9 Å². The van der Waals surface area contributed by atoms with Crippen LogP contribution in [0.4, 0.5) is 0 Å². The summed E-state index contributed by atoms with van der Waals surface area (Å²) in [5, 5.41) is 4.25. The molecule has 160 valence electrons. The van der Waals surface area contributed by atoms with Crippen molar-refractivity contribution in [2.75, 3.05) is 7.11 Å². The Labute approximate surface area is 176 Å². The van der Waals surface area contributed by atoms with E-state index in [0.29, 0.717) is 17.1 Å². The van der Waals surface area contributed by atoms with Gasteiger partial charge in [0.15, 0.2) is 0 Å². The second kappa shape index (κ2) is 6.69. The van der Waals surface area contributed by atoms with E-state index < -0.39 is 0 Å². The van der Waals surface area contributed by atoms with Gasteiger partial charge < -0.3 is 4.84 Å². The average Bonchev–Trinajstić information content (AvgIpc) is 2.98. The maximum atomic E-state index is 13.2. The second-order valence-corrected chi connectivity index (χ2v) is 11.4. The third-order valence-electron chi connectivity index (χ3n) is 10.8. The first-order valence-electron chi connectivity index (χ1n) is 12.2. The van der Waals surface area contributed by atoms with E-state index in [2.05, 4.69) is 25.1 Å². The Kier molecular flexibility index (Phi) is 4.57. The number of nitrogens with zero attached hydrogens (tertiary/aromatic N) is 1. The standard InChI is InChI=1S/C26H39NO2/c1-17(28)26-12-6-5-7-19(26)16-23-21-9-8-18-15-20(27-29-4)10-13-24(18,2)22(21)11-14-25(23,26)3/h15,19,21-23H,5-14,16H2,1-4H3/b27-20-/t19-,21-,22+,23+,24+,25+,26-/m1/s1. The summed E-state index contributed by atoms with van der Waals surface area (Å²) in [5.74, 6) is 3.51. The third-order valence-corrected chi connectivity index (χ3v) is 10.8. The number of carbonyl (C=O) groups is 1. The van der Waals surface area contributed by atoms with Gasteiger partial charge in [0.25, 0.3) is 0 Å². The van der Waals surface area contributed by atoms with Crippen LogP contribution in [0.2, 0.25) is 0 Å². The normalized spacial score (nSPS) is 50.1. The molecular weight excluding hydrogens is 358 g/mol. The molecule has 0 saturated heterocycles. The number of oxime groups is 1. The summed E-state index contributed by atoms with van der Waals surface area (Å²) in [6.07, 6.45) is 16.1. The van der Waals surface area contributed by atoms with E-state index >= 15 is 0 Å². The first-order valence-corrected chi connectivity index (χ1v) is 12.2. The van der Waals surface area contributed by atoms with Crippen molar-refractivity contribution >= 4 is 11.5 Å². The molecule has 4 saturated carbocycles. The Hall–Kier alpha value is -1.12. The SMILES string of the molecule is CO/N=C1\C=C2CC[C@@H]3[C@H](CC[C@@]4(C)[C@H]3C[C@H]3CCCC[C@@]34C(C)=O)[C@@]2(C)CC1. The minimum absolute atomic E-state index is 0.0111. The summed E-state index contributed by atoms with van der Waals surface area (Å²) in [7, 11) is 1.66. The number of allylic oxidation sites excluding steroid dienone is 2. The van der Waals surface area contributed by atoms with Crippen molar-refractivity contribution in [3.63, 3.8) is 0 Å². The molecule has 0 heterocycles. The summed E-state index contributed by atoms with van der Waals surface area (Å²) < 4.78 is 0. The fourth-order valence-electron chi connectivity index (χ4n) is 9.56. The first kappa shape index (κ1) is 19.8. The molecule has 0 aromatic carbocycles. The summed E-state index contributed by atoms with van der Waals surface area (Å²) in [6.45, 7) is 7.02. The van der Waals surface area contributed by atoms with Gasteiger partial charge in [-0.1, -0.05) is 37.4 Å². The Bertz CT molecular complexity index is 769. The van der Waals surface area contributed by atoms with Crippen LogP contribution in [0.5, 0.6) is 0 Å². The molecule has 5 aliphatic rings. The number of Topliss-reactive ketones (excluding diaryl/α,β-unsaturated/α-hetero) is 1. The molecule has 3 nitrogen and oxygen atoms in total. The van der Waals surface area contributed by atoms with Crippen molar-refractivity contribution in [3.8, 4) is 0 Å². The van der Waals surface area contributed by atoms with Crippen molar-refractivity contribution < 1.29 is 9.63 Å². The van der Waals surface area contributed by atoms with Crippen LogP contribution in [0, 0.1) is 39.9 Å². The molecule has 0 bridgehead atoms. The van der Waals surface area contributed by atoms with Crippen LogP contribution in [0.25, 0.3) is 0 Å². The molecule has 0 aromatic rings. The molecule has 5 aliphatic carbocycles. The zero-order valence-electron chi connectivity index (χ0n) is 18.9. The smallest absolute Gasteiger partial charge is 0.136 e. The van der Waals surface area contributed by atoms with Gasteiger partial charge >= 0.3 is 0 Å². The minimum atomic E-state index is -0.0111. The lowest BCUT2D eigenvalue weighted by Gasteiger charge is -2.60. The zero-order valence-corrected chi connectivity index (χ0v) is 18.9. The molecule has 0 unspecified atom stereocenters. The molecule has 3 heteroatoms. The van der Waals surface area contributed by atoms with Gasteiger partial charge in [-0.05, 0) is 105 Å². The predicted molar refractivity (Wildman–Crippen MR) is 117 cm³/mol. The van der Waals surface area contributed by atoms with E-state index in [9.17, 15) is 4.79 Å². The van der Waals surface area contributed by atoms with Crippen molar-refractivity contribution in [3.05, 3.63) is 11.6 Å². The van der Waals surface area contributed by atoms with E-state index in [1.54, 1.807) is 12.7 Å². The Balaban J connectivity index is 1.50. The second-order valence-electron chi connectivity index (χ2n) is 11.4. The summed E-state index contributed by atoms with van der Waals surface area (Å²) >= 11 is 0. The van der Waals surface area contributed by atoms with E-state index in [0.717, 1.165) is 36.3 Å². The molecule has 0 aliphatic heterocycles. The van der Waals surface area contributed by atoms with Crippen molar-refractivity contribution in [1.82, 2.24) is 0 Å². The lowest BCUT2D eigenvalue weighted by atomic mass is 9.44. The maximum Gasteiger partial charge on any atom is 0.136 e. The van der Waals surface area contributed by atoms with Gasteiger partial charge in [-0.2, -0.15) is 0 Å². The number of rotatable bonds is 2. The summed E-state index contributed by atoms with van der Waals surface area (Å²) in [6, 6.07) is 0. The monoisotopic (exact) mass is 397 g/mol. The first-order chi connectivity index (χ1) is 13.9. The van der Waals surface area contributed by atoms with Gasteiger partial charge in [-0.15, -0.1) is 0 Å². The predicted octanol–water partition coefficient (Wildman–Crippen LogP) is 6.33. The highest BCUT2D eigenvalue weighted by molar-refractivity contribution is 5.96. The molecule has 0 aromatic heterocycles. The van der Waals surface area contributed by atoms with Crippen LogP contribution >= 0.6 is 0 Å². The lowest BCUT2D eigenvalue weighted by Crippen LogP contribution is -2.55. The molecule has 5 rings (SSSR count). The average molecular weight is 398 g/mol. The van der Waals surface area contributed by atoms with Crippen LogP contribution in [-0.4, -0.2) is 18.6 Å². The van der Waals surface area contributed by atoms with E-state index in [-0.39, 0.29) is 10.8 Å². The Morgan fingerprint density at radius 3 is 2.66 bits per heavy atom. The highest BCUT2D eigenvalue weighted by Gasteiger charge is 2.69. The van der Waals surface area contributed by atoms with E-state index in [4.69, 9.17) is 4.84 Å². The van der Waals surface area contributed by atoms with Crippen LogP contribution in [0.3, 0.4) is 0 Å². The van der Waals surface area contributed by atoms with Crippen LogP contribution in [-0.2, 0) is 9.63 Å². The number of carbonyl (C=O) groups excluding carboxylic acids is 1. The van der Waals surface area contributed by atoms with Gasteiger partial charge in [0, 0.05) is 5.41 Å². The van der Waals surface area contributed by atoms with Crippen molar-refractivity contribution in [1.29, 1.82) is 0 Å². The molecule has 29 heavy (non-hydrogen) atoms. The maximum absolute atomic E-state index is 13.2. The van der Waals surface area contributed by atoms with Crippen molar-refractivity contribution in [2.24, 2.45) is 45.1 Å². The van der Waals surface area contributed by atoms with E-state index in [1.807, 2.05) is 6.92 Å². The van der Waals surface area contributed by atoms with Crippen molar-refractivity contribution in [2.45, 2.75) is 91.4 Å². The summed E-state index contributed by atoms with van der Waals surface area (Å²) in [4.78, 5) is 18.2. The van der Waals surface area contributed by atoms with Crippen LogP contribution in [0.1, 0.15) is 91.4 Å². The molecular formula is C26H39NO2. The van der Waals surface area contributed by atoms with Crippen LogP contribution in [0.15, 0.2) is 16.8 Å². The molecule has 0 amide bonds. The number of fused-ring (bicyclic) bond motifs is 7. The molecule has 4 fully saturated rings. The van der Waals surface area contributed by atoms with E-state index in [1.165, 1.54) is 57.8 Å². The molecule has 0 N–H and O–H groups in total. The third kappa shape index (κ3) is 2.48. The number of hydrogen-bond donors (Lipinski definition) is 0. The number of ketones is 1. The van der Waals surface area contributed by atoms with Crippen LogP contribution < -0.4 is 0 Å². The molecule has 7 atom stereocenters. The lowest BCUT2D eigenvalue weighted by molar-refractivity contribution is -0.147. The highest BCUT2D eigenvalue weighted by atomic mass is 16.6. The van der Waals surface area contributed by atoms with Gasteiger partial charge in [0.2, 0.25) is 0 Å². The largest absolute Gasteiger partial charge is 0.399 e. The van der Waals surface area contributed by atoms with Gasteiger partial charge in [-0.3, -0.25) is 4.79 Å². The molecule has 0 spiro atoms. The highest BCUT2D eigenvalue weighted by Crippen LogP contribution is 2.74. The minimum Gasteiger partial charge on any atom is -0.399 e. The Morgan fingerprint density at radius 2 is 1.90 bits per heavy atom. The fourth-order valence-corrected chi connectivity index (χ4v) is 9.56. The fraction of sp³-hybridized carbons (Fsp3) is 0.846.